The summed E-state index contributed by atoms with van der Waals surface area (Å²) in [6.07, 6.45) is 0. The summed E-state index contributed by atoms with van der Waals surface area (Å²) in [6, 6.07) is 69.3. The number of hydrogen-bond acceptors (Lipinski definition) is 3. The molecule has 0 N–H and O–H groups in total. The normalized spacial score (nSPS) is 11.9. The third-order valence-corrected chi connectivity index (χ3v) is 11.5. The van der Waals surface area contributed by atoms with E-state index >= 15 is 0 Å². The monoisotopic (exact) mass is 724 g/mol. The van der Waals surface area contributed by atoms with Gasteiger partial charge in [0.1, 0.15) is 0 Å². The standard InChI is InChI=1S/C53H32N4/c1-3-14-34(15-4-1)45-32-38-19-11-22-43-41-20-9-10-21-42(41)44-23-12-24-46-48(44)49(47(38)43)50(45)57(46)40-29-27-36(28-30-40)52-54-51(35-16-5-2-6-17-35)55-53(56-52)39-26-25-33-13-7-8-18-37(33)31-39/h1-32H. The first kappa shape index (κ1) is 31.6. The molecular formula is C53H32N4. The fraction of sp³-hybridized carbons (Fsp3) is 0. The zero-order valence-electron chi connectivity index (χ0n) is 30.8. The summed E-state index contributed by atoms with van der Waals surface area (Å²) in [5, 5.41) is 7.44. The van der Waals surface area contributed by atoms with E-state index < -0.39 is 0 Å². The van der Waals surface area contributed by atoms with Crippen molar-refractivity contribution in [3.8, 4) is 73.2 Å². The van der Waals surface area contributed by atoms with Crippen molar-refractivity contribution in [3.05, 3.63) is 194 Å². The van der Waals surface area contributed by atoms with Crippen molar-refractivity contribution in [1.29, 1.82) is 0 Å². The van der Waals surface area contributed by atoms with Gasteiger partial charge in [0.15, 0.2) is 17.5 Å². The molecule has 2 heterocycles. The second-order valence-corrected chi connectivity index (χ2v) is 14.8. The van der Waals surface area contributed by atoms with Crippen LogP contribution in [0.15, 0.2) is 194 Å². The summed E-state index contributed by atoms with van der Waals surface area (Å²) in [5.41, 5.74) is 13.7. The average Bonchev–Trinajstić information content (AvgIpc) is 3.58. The smallest absolute Gasteiger partial charge is 0.164 e. The Morgan fingerprint density at radius 1 is 0.298 bits per heavy atom. The summed E-state index contributed by atoms with van der Waals surface area (Å²) in [6.45, 7) is 0. The Labute approximate surface area is 329 Å². The van der Waals surface area contributed by atoms with Gasteiger partial charge in [0, 0.05) is 38.7 Å². The molecule has 0 atom stereocenters. The highest BCUT2D eigenvalue weighted by Crippen LogP contribution is 2.51. The molecule has 0 aliphatic heterocycles. The number of hydrogen-bond donors (Lipinski definition) is 0. The van der Waals surface area contributed by atoms with Crippen molar-refractivity contribution >= 4 is 43.4 Å². The summed E-state index contributed by atoms with van der Waals surface area (Å²) in [7, 11) is 0. The third kappa shape index (κ3) is 4.91. The van der Waals surface area contributed by atoms with Crippen LogP contribution in [0.2, 0.25) is 0 Å². The van der Waals surface area contributed by atoms with Crippen molar-refractivity contribution in [2.24, 2.45) is 0 Å². The zero-order valence-corrected chi connectivity index (χ0v) is 30.8. The molecule has 0 spiro atoms. The van der Waals surface area contributed by atoms with E-state index in [1.165, 1.54) is 71.3 Å². The number of rotatable bonds is 5. The number of fused-ring (bicyclic) bond motifs is 4. The van der Waals surface area contributed by atoms with Crippen LogP contribution in [0, 0.1) is 0 Å². The van der Waals surface area contributed by atoms with E-state index in [1.54, 1.807) is 0 Å². The SMILES string of the molecule is c1ccc(-c2nc(-c3ccc(-n4c5cccc6c5c5c7c(cccc7cc(-c7ccccc7)c54)-c4ccccc4-6)cc3)nc(-c3ccc4ccccc4c3)n2)cc1. The molecule has 0 saturated carbocycles. The quantitative estimate of drug-likeness (QED) is 0.177. The Balaban J connectivity index is 1.10. The highest BCUT2D eigenvalue weighted by molar-refractivity contribution is 6.32. The highest BCUT2D eigenvalue weighted by Gasteiger charge is 2.27. The molecule has 1 aliphatic carbocycles. The van der Waals surface area contributed by atoms with Crippen LogP contribution in [0.3, 0.4) is 0 Å². The third-order valence-electron chi connectivity index (χ3n) is 11.5. The second kappa shape index (κ2) is 12.4. The summed E-state index contributed by atoms with van der Waals surface area (Å²) < 4.78 is 2.47. The van der Waals surface area contributed by atoms with Crippen LogP contribution in [0.4, 0.5) is 0 Å². The van der Waals surface area contributed by atoms with Crippen molar-refractivity contribution in [2.45, 2.75) is 0 Å². The van der Waals surface area contributed by atoms with Crippen LogP contribution in [0.25, 0.3) is 117 Å². The number of aromatic nitrogens is 4. The Kier molecular flexibility index (Phi) is 6.89. The first-order valence-corrected chi connectivity index (χ1v) is 19.4. The molecule has 2 aromatic heterocycles. The molecular weight excluding hydrogens is 693 g/mol. The molecule has 9 aromatic carbocycles. The molecule has 0 radical (unpaired) electrons. The maximum atomic E-state index is 5.11. The van der Waals surface area contributed by atoms with Gasteiger partial charge in [-0.05, 0) is 91.8 Å². The lowest BCUT2D eigenvalue weighted by molar-refractivity contribution is 1.07. The molecule has 11 aromatic rings. The number of benzene rings is 9. The van der Waals surface area contributed by atoms with E-state index in [0.29, 0.717) is 17.5 Å². The van der Waals surface area contributed by atoms with Gasteiger partial charge in [-0.15, -0.1) is 0 Å². The van der Waals surface area contributed by atoms with Crippen LogP contribution in [0.5, 0.6) is 0 Å². The minimum absolute atomic E-state index is 0.634. The number of nitrogens with zero attached hydrogens (tertiary/aromatic N) is 4. The first-order valence-electron chi connectivity index (χ1n) is 19.4. The van der Waals surface area contributed by atoms with Gasteiger partial charge in [0.05, 0.1) is 11.0 Å². The van der Waals surface area contributed by atoms with Gasteiger partial charge in [-0.3, -0.25) is 0 Å². The molecule has 4 heteroatoms. The molecule has 0 bridgehead atoms. The molecule has 4 nitrogen and oxygen atoms in total. The zero-order chi connectivity index (χ0) is 37.5. The minimum atomic E-state index is 0.634. The van der Waals surface area contributed by atoms with Gasteiger partial charge < -0.3 is 4.57 Å². The van der Waals surface area contributed by atoms with Crippen LogP contribution in [0.1, 0.15) is 0 Å². The molecule has 57 heavy (non-hydrogen) atoms. The van der Waals surface area contributed by atoms with Gasteiger partial charge in [0.25, 0.3) is 0 Å². The largest absolute Gasteiger partial charge is 0.309 e. The summed E-state index contributed by atoms with van der Waals surface area (Å²) >= 11 is 0. The van der Waals surface area contributed by atoms with Gasteiger partial charge in [-0.1, -0.05) is 152 Å². The van der Waals surface area contributed by atoms with Gasteiger partial charge in [-0.25, -0.2) is 15.0 Å². The van der Waals surface area contributed by atoms with Crippen molar-refractivity contribution in [2.75, 3.05) is 0 Å². The Morgan fingerprint density at radius 3 is 1.54 bits per heavy atom. The lowest BCUT2D eigenvalue weighted by Gasteiger charge is -2.16. The van der Waals surface area contributed by atoms with E-state index in [0.717, 1.165) is 27.8 Å². The lowest BCUT2D eigenvalue weighted by atomic mass is 9.91. The fourth-order valence-corrected chi connectivity index (χ4v) is 8.98. The van der Waals surface area contributed by atoms with E-state index in [1.807, 2.05) is 18.2 Å². The molecule has 12 rings (SSSR count). The lowest BCUT2D eigenvalue weighted by Crippen LogP contribution is -2.01. The van der Waals surface area contributed by atoms with Gasteiger partial charge in [0.2, 0.25) is 0 Å². The molecule has 0 unspecified atom stereocenters. The second-order valence-electron chi connectivity index (χ2n) is 14.8. The van der Waals surface area contributed by atoms with Crippen LogP contribution in [-0.2, 0) is 0 Å². The Bertz CT molecular complexity index is 3380. The Morgan fingerprint density at radius 2 is 0.825 bits per heavy atom. The first-order chi connectivity index (χ1) is 28.3. The van der Waals surface area contributed by atoms with Crippen molar-refractivity contribution in [3.63, 3.8) is 0 Å². The van der Waals surface area contributed by atoms with E-state index in [9.17, 15) is 0 Å². The Hall–Kier alpha value is -7.69. The summed E-state index contributed by atoms with van der Waals surface area (Å²) in [5.74, 6) is 1.93. The summed E-state index contributed by atoms with van der Waals surface area (Å²) in [4.78, 5) is 15.2. The van der Waals surface area contributed by atoms with E-state index in [-0.39, 0.29) is 0 Å². The van der Waals surface area contributed by atoms with Crippen LogP contribution < -0.4 is 0 Å². The van der Waals surface area contributed by atoms with E-state index in [2.05, 4.69) is 180 Å². The predicted molar refractivity (Wildman–Crippen MR) is 235 cm³/mol. The van der Waals surface area contributed by atoms with E-state index in [4.69, 9.17) is 15.0 Å². The fourth-order valence-electron chi connectivity index (χ4n) is 8.98. The molecule has 0 saturated heterocycles. The topological polar surface area (TPSA) is 43.6 Å². The average molecular weight is 725 g/mol. The molecule has 0 fully saturated rings. The van der Waals surface area contributed by atoms with Crippen LogP contribution >= 0.6 is 0 Å². The van der Waals surface area contributed by atoms with Crippen molar-refractivity contribution in [1.82, 2.24) is 19.5 Å². The predicted octanol–water partition coefficient (Wildman–Crippen LogP) is 13.6. The van der Waals surface area contributed by atoms with Gasteiger partial charge in [-0.2, -0.15) is 0 Å². The molecule has 1 aliphatic rings. The highest BCUT2D eigenvalue weighted by atomic mass is 15.0. The van der Waals surface area contributed by atoms with Crippen molar-refractivity contribution < 1.29 is 0 Å². The molecule has 0 amide bonds. The minimum Gasteiger partial charge on any atom is -0.309 e. The van der Waals surface area contributed by atoms with Gasteiger partial charge >= 0.3 is 0 Å². The maximum absolute atomic E-state index is 5.11. The maximum Gasteiger partial charge on any atom is 0.164 e. The molecule has 264 valence electrons. The van der Waals surface area contributed by atoms with Crippen LogP contribution in [-0.4, -0.2) is 19.5 Å².